The van der Waals surface area contributed by atoms with Gasteiger partial charge in [0.1, 0.15) is 0 Å². The number of aliphatic carboxylic acids is 1. The van der Waals surface area contributed by atoms with Crippen molar-refractivity contribution < 1.29 is 14.7 Å². The standard InChI is InChI=1S/C14H11Cl2NO3S/c15-8-3-4-9(10(16)6-8)14(20)17-11(7-13(18)19)12-2-1-5-21-12/h1-6,11H,7H2,(H,17,20)(H,18,19)/t11-/m1/s1. The molecule has 1 aromatic heterocycles. The van der Waals surface area contributed by atoms with E-state index in [2.05, 4.69) is 5.32 Å². The first-order chi connectivity index (χ1) is 9.97. The van der Waals surface area contributed by atoms with Crippen LogP contribution >= 0.6 is 34.5 Å². The van der Waals surface area contributed by atoms with Crippen LogP contribution in [0.25, 0.3) is 0 Å². The molecule has 1 aromatic carbocycles. The molecule has 2 rings (SSSR count). The van der Waals surface area contributed by atoms with Gasteiger partial charge >= 0.3 is 5.97 Å². The van der Waals surface area contributed by atoms with Crippen LogP contribution in [-0.4, -0.2) is 17.0 Å². The summed E-state index contributed by atoms with van der Waals surface area (Å²) in [6, 6.07) is 7.52. The van der Waals surface area contributed by atoms with Crippen molar-refractivity contribution in [3.63, 3.8) is 0 Å². The van der Waals surface area contributed by atoms with Crippen LogP contribution in [0.5, 0.6) is 0 Å². The van der Waals surface area contributed by atoms with Gasteiger partial charge in [-0.2, -0.15) is 0 Å². The van der Waals surface area contributed by atoms with E-state index in [9.17, 15) is 9.59 Å². The van der Waals surface area contributed by atoms with E-state index in [0.29, 0.717) is 5.02 Å². The molecule has 0 radical (unpaired) electrons. The first kappa shape index (κ1) is 15.8. The summed E-state index contributed by atoms with van der Waals surface area (Å²) in [5.74, 6) is -1.42. The van der Waals surface area contributed by atoms with Crippen LogP contribution in [-0.2, 0) is 4.79 Å². The fraction of sp³-hybridized carbons (Fsp3) is 0.143. The van der Waals surface area contributed by atoms with Gasteiger partial charge in [-0.1, -0.05) is 29.3 Å². The van der Waals surface area contributed by atoms with Crippen molar-refractivity contribution >= 4 is 46.4 Å². The van der Waals surface area contributed by atoms with Crippen LogP contribution in [0.15, 0.2) is 35.7 Å². The molecule has 0 aliphatic heterocycles. The number of benzene rings is 1. The molecule has 7 heteroatoms. The van der Waals surface area contributed by atoms with Crippen LogP contribution < -0.4 is 5.32 Å². The van der Waals surface area contributed by atoms with E-state index in [1.807, 2.05) is 5.38 Å². The summed E-state index contributed by atoms with van der Waals surface area (Å²) >= 11 is 13.1. The topological polar surface area (TPSA) is 66.4 Å². The highest BCUT2D eigenvalue weighted by Crippen LogP contribution is 2.25. The Bertz CT molecular complexity index is 658. The van der Waals surface area contributed by atoms with Crippen molar-refractivity contribution in [1.82, 2.24) is 5.32 Å². The lowest BCUT2D eigenvalue weighted by atomic mass is 10.1. The largest absolute Gasteiger partial charge is 0.481 e. The Hall–Kier alpha value is -1.56. The second kappa shape index (κ2) is 6.93. The summed E-state index contributed by atoms with van der Waals surface area (Å²) in [4.78, 5) is 24.0. The molecule has 0 aliphatic carbocycles. The number of carbonyl (C=O) groups excluding carboxylic acids is 1. The van der Waals surface area contributed by atoms with Crippen LogP contribution in [0, 0.1) is 0 Å². The van der Waals surface area contributed by atoms with E-state index in [-0.39, 0.29) is 17.0 Å². The van der Waals surface area contributed by atoms with Gasteiger partial charge in [-0.15, -0.1) is 11.3 Å². The zero-order valence-corrected chi connectivity index (χ0v) is 13.0. The maximum absolute atomic E-state index is 12.2. The first-order valence-electron chi connectivity index (χ1n) is 5.98. The Balaban J connectivity index is 2.20. The average Bonchev–Trinajstić information content (AvgIpc) is 2.90. The van der Waals surface area contributed by atoms with Gasteiger partial charge in [0.25, 0.3) is 5.91 Å². The van der Waals surface area contributed by atoms with Crippen LogP contribution in [0.4, 0.5) is 0 Å². The average molecular weight is 344 g/mol. The molecule has 1 amide bonds. The molecule has 0 saturated carbocycles. The lowest BCUT2D eigenvalue weighted by Gasteiger charge is -2.16. The molecule has 0 saturated heterocycles. The minimum absolute atomic E-state index is 0.197. The molecule has 4 nitrogen and oxygen atoms in total. The molecule has 2 aromatic rings. The summed E-state index contributed by atoms with van der Waals surface area (Å²) < 4.78 is 0. The second-order valence-corrected chi connectivity index (χ2v) is 6.09. The summed E-state index contributed by atoms with van der Waals surface area (Å²) in [6.45, 7) is 0. The van der Waals surface area contributed by atoms with Gasteiger partial charge in [-0.25, -0.2) is 0 Å². The van der Waals surface area contributed by atoms with E-state index >= 15 is 0 Å². The van der Waals surface area contributed by atoms with Crippen molar-refractivity contribution in [3.05, 3.63) is 56.2 Å². The number of hydrogen-bond acceptors (Lipinski definition) is 3. The third kappa shape index (κ3) is 4.20. The minimum Gasteiger partial charge on any atom is -0.481 e. The zero-order chi connectivity index (χ0) is 15.4. The number of carboxylic acids is 1. The predicted molar refractivity (Wildman–Crippen MR) is 83.2 cm³/mol. The lowest BCUT2D eigenvalue weighted by molar-refractivity contribution is -0.137. The second-order valence-electron chi connectivity index (χ2n) is 4.26. The minimum atomic E-state index is -0.990. The van der Waals surface area contributed by atoms with Gasteiger partial charge in [-0.3, -0.25) is 9.59 Å². The number of carbonyl (C=O) groups is 2. The Morgan fingerprint density at radius 3 is 2.62 bits per heavy atom. The van der Waals surface area contributed by atoms with Gasteiger partial charge in [0.15, 0.2) is 0 Å². The Morgan fingerprint density at radius 2 is 2.05 bits per heavy atom. The number of amides is 1. The molecular formula is C14H11Cl2NO3S. The van der Waals surface area contributed by atoms with Crippen molar-refractivity contribution in [2.75, 3.05) is 0 Å². The van der Waals surface area contributed by atoms with E-state index < -0.39 is 17.9 Å². The van der Waals surface area contributed by atoms with Gasteiger partial charge < -0.3 is 10.4 Å². The number of hydrogen-bond donors (Lipinski definition) is 2. The summed E-state index contributed by atoms with van der Waals surface area (Å²) in [6.07, 6.45) is -0.197. The first-order valence-corrected chi connectivity index (χ1v) is 7.62. The van der Waals surface area contributed by atoms with Gasteiger partial charge in [0, 0.05) is 9.90 Å². The van der Waals surface area contributed by atoms with Crippen molar-refractivity contribution in [2.45, 2.75) is 12.5 Å². The maximum atomic E-state index is 12.2. The molecule has 2 N–H and O–H groups in total. The lowest BCUT2D eigenvalue weighted by Crippen LogP contribution is -2.29. The molecular weight excluding hydrogens is 333 g/mol. The highest BCUT2D eigenvalue weighted by Gasteiger charge is 2.21. The summed E-state index contributed by atoms with van der Waals surface area (Å²) in [5, 5.41) is 14.1. The fourth-order valence-corrected chi connectivity index (χ4v) is 3.07. The van der Waals surface area contributed by atoms with Crippen LogP contribution in [0.3, 0.4) is 0 Å². The third-order valence-corrected chi connectivity index (χ3v) is 4.28. The van der Waals surface area contributed by atoms with Crippen molar-refractivity contribution in [3.8, 4) is 0 Å². The molecule has 21 heavy (non-hydrogen) atoms. The number of rotatable bonds is 5. The molecule has 110 valence electrons. The monoisotopic (exact) mass is 343 g/mol. The SMILES string of the molecule is O=C(O)C[C@@H](NC(=O)c1ccc(Cl)cc1Cl)c1cccs1. The van der Waals surface area contributed by atoms with Gasteiger partial charge in [-0.05, 0) is 29.6 Å². The van der Waals surface area contributed by atoms with E-state index in [1.165, 1.54) is 23.5 Å². The number of carboxylic acid groups (broad SMARTS) is 1. The number of halogens is 2. The number of thiophene rings is 1. The van der Waals surface area contributed by atoms with Crippen molar-refractivity contribution in [1.29, 1.82) is 0 Å². The van der Waals surface area contributed by atoms with E-state index in [0.717, 1.165) is 4.88 Å². The smallest absolute Gasteiger partial charge is 0.305 e. The van der Waals surface area contributed by atoms with E-state index in [4.69, 9.17) is 28.3 Å². The zero-order valence-electron chi connectivity index (χ0n) is 10.7. The quantitative estimate of drug-likeness (QED) is 0.862. The Kier molecular flexibility index (Phi) is 5.22. The van der Waals surface area contributed by atoms with E-state index in [1.54, 1.807) is 18.2 Å². The van der Waals surface area contributed by atoms with Gasteiger partial charge in [0.05, 0.1) is 23.0 Å². The van der Waals surface area contributed by atoms with Crippen molar-refractivity contribution in [2.24, 2.45) is 0 Å². The van der Waals surface area contributed by atoms with Crippen LogP contribution in [0.2, 0.25) is 10.0 Å². The predicted octanol–water partition coefficient (Wildman–Crippen LogP) is 4.00. The molecule has 1 heterocycles. The molecule has 0 spiro atoms. The van der Waals surface area contributed by atoms with Crippen LogP contribution in [0.1, 0.15) is 27.7 Å². The summed E-state index contributed by atoms with van der Waals surface area (Å²) in [7, 11) is 0. The molecule has 0 bridgehead atoms. The highest BCUT2D eigenvalue weighted by atomic mass is 35.5. The number of nitrogens with one attached hydrogen (secondary N) is 1. The maximum Gasteiger partial charge on any atom is 0.305 e. The normalized spacial score (nSPS) is 11.9. The molecule has 0 unspecified atom stereocenters. The molecule has 0 aliphatic rings. The Labute approximate surface area is 135 Å². The Morgan fingerprint density at radius 1 is 1.29 bits per heavy atom. The highest BCUT2D eigenvalue weighted by molar-refractivity contribution is 7.10. The third-order valence-electron chi connectivity index (χ3n) is 2.75. The van der Waals surface area contributed by atoms with Gasteiger partial charge in [0.2, 0.25) is 0 Å². The fourth-order valence-electron chi connectivity index (χ4n) is 1.80. The molecule has 0 fully saturated rings. The molecule has 1 atom stereocenters. The summed E-state index contributed by atoms with van der Waals surface area (Å²) in [5.41, 5.74) is 0.257.